The fourth-order valence-corrected chi connectivity index (χ4v) is 14.5. The van der Waals surface area contributed by atoms with Gasteiger partial charge in [0.2, 0.25) is 0 Å². The maximum absolute atomic E-state index is 7.10. The van der Waals surface area contributed by atoms with E-state index in [1.165, 1.54) is 82.6 Å². The van der Waals surface area contributed by atoms with Gasteiger partial charge in [-0.3, -0.25) is 0 Å². The first kappa shape index (κ1) is 74.5. The first-order chi connectivity index (χ1) is 48.7. The lowest BCUT2D eigenvalue weighted by Gasteiger charge is -2.22. The Labute approximate surface area is 598 Å². The van der Waals surface area contributed by atoms with Crippen LogP contribution in [0.2, 0.25) is 0 Å². The molecule has 3 atom stereocenters. The van der Waals surface area contributed by atoms with E-state index in [1.807, 2.05) is 0 Å². The Bertz CT molecular complexity index is 4190. The highest BCUT2D eigenvalue weighted by Gasteiger charge is 2.23. The van der Waals surface area contributed by atoms with Crippen molar-refractivity contribution < 1.29 is 18.9 Å². The van der Waals surface area contributed by atoms with E-state index in [2.05, 4.69) is 276 Å². The molecule has 11 nitrogen and oxygen atoms in total. The zero-order valence-corrected chi connectivity index (χ0v) is 62.7. The van der Waals surface area contributed by atoms with Crippen molar-refractivity contribution in [1.29, 1.82) is 0 Å². The summed E-state index contributed by atoms with van der Waals surface area (Å²) in [6.45, 7) is 16.0. The number of nitrogens with one attached hydrogen (secondary N) is 4. The van der Waals surface area contributed by atoms with Gasteiger partial charge in [0.15, 0.2) is 0 Å². The van der Waals surface area contributed by atoms with E-state index in [4.69, 9.17) is 18.9 Å². The smallest absolute Gasteiger partial charge is 0.136 e. The number of hydrogen-bond donors (Lipinski definition) is 4. The summed E-state index contributed by atoms with van der Waals surface area (Å²) in [4.78, 5) is 22.9. The number of unbranched alkanes of at least 4 members (excludes halogenated alkanes) is 9. The van der Waals surface area contributed by atoms with Crippen LogP contribution in [0.15, 0.2) is 158 Å². The molecule has 0 radical (unpaired) electrons. The molecular weight excluding hydrogens is 1230 g/mol. The van der Waals surface area contributed by atoms with E-state index in [1.54, 1.807) is 0 Å². The maximum Gasteiger partial charge on any atom is 0.136 e. The molecule has 8 bridgehead atoms. The van der Waals surface area contributed by atoms with Gasteiger partial charge < -0.3 is 53.6 Å². The van der Waals surface area contributed by atoms with Crippen molar-refractivity contribution in [2.45, 2.75) is 214 Å². The van der Waals surface area contributed by atoms with Crippen LogP contribution < -0.4 is 40.3 Å². The molecule has 0 fully saturated rings. The van der Waals surface area contributed by atoms with Crippen LogP contribution in [0.25, 0.3) is 22.3 Å². The maximum atomic E-state index is 7.10. The normalized spacial score (nSPS) is 13.4. The fraction of sp³-hybridized carbons (Fsp3) is 0.438. The van der Waals surface area contributed by atoms with Gasteiger partial charge in [-0.15, -0.1) is 0 Å². The monoisotopic (exact) mass is 1350 g/mol. The lowest BCUT2D eigenvalue weighted by Crippen LogP contribution is -2.19. The lowest BCUT2D eigenvalue weighted by atomic mass is 10.0. The van der Waals surface area contributed by atoms with Gasteiger partial charge in [0.1, 0.15) is 28.7 Å². The highest BCUT2D eigenvalue weighted by atomic mass is 16.5. The number of fused-ring (bicyclic) bond motifs is 8. The zero-order valence-electron chi connectivity index (χ0n) is 62.7. The summed E-state index contributed by atoms with van der Waals surface area (Å²) < 4.78 is 27.6. The minimum atomic E-state index is 0.183. The lowest BCUT2D eigenvalue weighted by molar-refractivity contribution is 0.175. The number of H-pyrrole nitrogens is 4. The summed E-state index contributed by atoms with van der Waals surface area (Å²) in [5.74, 6) is 4.39. The van der Waals surface area contributed by atoms with Crippen LogP contribution >= 0.6 is 0 Å². The molecule has 0 aliphatic carbocycles. The number of ether oxygens (including phenoxy) is 4. The molecule has 0 amide bonds. The molecule has 0 spiro atoms. The molecule has 0 saturated heterocycles. The topological polar surface area (TPSA) is 110 Å². The van der Waals surface area contributed by atoms with Crippen LogP contribution in [0.4, 0.5) is 0 Å². The molecule has 4 N–H and O–H groups in total. The average Bonchev–Trinajstić information content (AvgIpc) is 1.60. The summed E-state index contributed by atoms with van der Waals surface area (Å²) in [5.41, 5.74) is 15.9. The van der Waals surface area contributed by atoms with Crippen LogP contribution in [-0.2, 0) is 19.6 Å². The van der Waals surface area contributed by atoms with E-state index in [0.717, 1.165) is 206 Å². The number of benzene rings is 5. The standard InChI is InChI=1S/C89H117N7O4/c1-13-19-22-25-31-70(28-16-4)97-73-42-34-64(35-43-73)85-77-50-52-79(90-77)86(65-36-44-74(45-37-65)98-71(29-17-5)32-26-23-20-14-2)81-54-56-83(92-81)88(67-40-48-76(49-41-67)100-89-68(61-95(9)10)58-63(60-94(7)8)59-69(89)62-96(11)12)84-57-55-82(93-84)87(80-53-51-78(85)91-80)66-38-46-75(47-39-66)99-72(30-18-6)33-27-24-21-15-3/h34-59,70-72,90-93H,13-33,60-62H2,1-12H3. The number of rotatable bonds is 39. The second-order valence-electron chi connectivity index (χ2n) is 28.9. The first-order valence-electron chi connectivity index (χ1n) is 38.2. The predicted octanol–water partition coefficient (Wildman–Crippen LogP) is 18.8. The van der Waals surface area contributed by atoms with Crippen LogP contribution in [-0.4, -0.2) is 95.2 Å². The van der Waals surface area contributed by atoms with Crippen molar-refractivity contribution in [3.05, 3.63) is 241 Å². The van der Waals surface area contributed by atoms with Crippen molar-refractivity contribution in [2.75, 3.05) is 42.3 Å². The second kappa shape index (κ2) is 37.5. The molecule has 5 aromatic carbocycles. The molecule has 100 heavy (non-hydrogen) atoms. The molecular formula is C89H117N7O4. The van der Waals surface area contributed by atoms with Crippen LogP contribution in [0, 0.1) is 0 Å². The van der Waals surface area contributed by atoms with Gasteiger partial charge in [0.25, 0.3) is 0 Å². The fourth-order valence-electron chi connectivity index (χ4n) is 14.5. The third kappa shape index (κ3) is 20.3. The molecule has 0 saturated carbocycles. The quantitative estimate of drug-likeness (QED) is 0.0284. The van der Waals surface area contributed by atoms with Gasteiger partial charge in [-0.25, -0.2) is 0 Å². The highest BCUT2D eigenvalue weighted by molar-refractivity contribution is 5.85. The van der Waals surface area contributed by atoms with Crippen molar-refractivity contribution >= 4 is 22.3 Å². The minimum absolute atomic E-state index is 0.183. The molecule has 9 aromatic rings. The Kier molecular flexibility index (Phi) is 27.9. The Morgan fingerprint density at radius 3 is 0.850 bits per heavy atom. The SMILES string of the molecule is CCCCCCC(CCC)Oc1ccc(C2=c3ccc([nH]3)=C(c3ccc(Oc4c(CN(C)C)cc(CN(C)C)cc4CN(C)C)cc3)c3ccc([nH]3)C(c3ccc(OC(CCC)CCCCCC)cc3)=c3ccc([nH]3)=C(c3ccc(OC(CCC)CCCCCC)cc3)c3ccc2[nH]3)cc1. The molecule has 1 aliphatic rings. The van der Waals surface area contributed by atoms with E-state index in [-0.39, 0.29) is 18.3 Å². The Morgan fingerprint density at radius 1 is 0.290 bits per heavy atom. The Morgan fingerprint density at radius 2 is 0.580 bits per heavy atom. The predicted molar refractivity (Wildman–Crippen MR) is 417 cm³/mol. The molecule has 532 valence electrons. The Hall–Kier alpha value is -8.22. The number of hydrogen-bond acceptors (Lipinski definition) is 7. The molecule has 11 heteroatoms. The number of nitrogens with zero attached hydrogens (tertiary/aromatic N) is 3. The van der Waals surface area contributed by atoms with Crippen molar-refractivity contribution in [3.8, 4) is 28.7 Å². The number of aromatic amines is 4. The summed E-state index contributed by atoms with van der Waals surface area (Å²) >= 11 is 0. The van der Waals surface area contributed by atoms with Crippen molar-refractivity contribution in [1.82, 2.24) is 34.6 Å². The summed E-state index contributed by atoms with van der Waals surface area (Å²) in [5, 5.41) is 3.92. The summed E-state index contributed by atoms with van der Waals surface area (Å²) in [6, 6.07) is 57.7. The van der Waals surface area contributed by atoms with Crippen LogP contribution in [0.3, 0.4) is 0 Å². The molecule has 10 rings (SSSR count). The number of aromatic nitrogens is 4. The molecule has 3 unspecified atom stereocenters. The van der Waals surface area contributed by atoms with Crippen LogP contribution in [0.5, 0.6) is 28.7 Å². The van der Waals surface area contributed by atoms with Gasteiger partial charge in [-0.1, -0.05) is 167 Å². The summed E-state index contributed by atoms with van der Waals surface area (Å²) in [7, 11) is 12.8. The van der Waals surface area contributed by atoms with Gasteiger partial charge >= 0.3 is 0 Å². The van der Waals surface area contributed by atoms with Gasteiger partial charge in [-0.2, -0.15) is 0 Å². The van der Waals surface area contributed by atoms with E-state index >= 15 is 0 Å². The average molecular weight is 1350 g/mol. The minimum Gasteiger partial charge on any atom is -0.490 e. The van der Waals surface area contributed by atoms with Crippen LogP contribution in [0.1, 0.15) is 238 Å². The Balaban J connectivity index is 1.16. The van der Waals surface area contributed by atoms with Gasteiger partial charge in [-0.05, 0) is 237 Å². The van der Waals surface area contributed by atoms with E-state index in [0.29, 0.717) is 0 Å². The molecule has 4 aromatic heterocycles. The highest BCUT2D eigenvalue weighted by Crippen LogP contribution is 2.36. The molecule has 5 heterocycles. The summed E-state index contributed by atoms with van der Waals surface area (Å²) in [6.07, 6.45) is 24.9. The largest absolute Gasteiger partial charge is 0.490 e. The second-order valence-corrected chi connectivity index (χ2v) is 28.9. The first-order valence-corrected chi connectivity index (χ1v) is 38.2. The van der Waals surface area contributed by atoms with Gasteiger partial charge in [0, 0.05) is 97.2 Å². The van der Waals surface area contributed by atoms with E-state index in [9.17, 15) is 0 Å². The van der Waals surface area contributed by atoms with Gasteiger partial charge in [0.05, 0.1) is 18.3 Å². The third-order valence-electron chi connectivity index (χ3n) is 19.3. The van der Waals surface area contributed by atoms with E-state index < -0.39 is 0 Å². The van der Waals surface area contributed by atoms with Crippen molar-refractivity contribution in [2.24, 2.45) is 0 Å². The third-order valence-corrected chi connectivity index (χ3v) is 19.3. The van der Waals surface area contributed by atoms with Crippen molar-refractivity contribution in [3.63, 3.8) is 0 Å². The zero-order chi connectivity index (χ0) is 70.3. The molecule has 1 aliphatic heterocycles.